The smallest absolute Gasteiger partial charge is 0.0466 e. The van der Waals surface area contributed by atoms with Crippen LogP contribution in [-0.4, -0.2) is 0 Å². The fourth-order valence-corrected chi connectivity index (χ4v) is 7.81. The van der Waals surface area contributed by atoms with Crippen molar-refractivity contribution in [3.05, 3.63) is 203 Å². The highest BCUT2D eigenvalue weighted by Crippen LogP contribution is 2.51. The molecule has 52 heavy (non-hydrogen) atoms. The van der Waals surface area contributed by atoms with Crippen LogP contribution in [-0.2, 0) is 5.41 Å². The second-order valence-electron chi connectivity index (χ2n) is 14.6. The van der Waals surface area contributed by atoms with E-state index in [2.05, 4.69) is 220 Å². The summed E-state index contributed by atoms with van der Waals surface area (Å²) in [4.78, 5) is 4.70. The number of rotatable bonds is 8. The lowest BCUT2D eigenvalue weighted by Gasteiger charge is -2.28. The van der Waals surface area contributed by atoms with Gasteiger partial charge in [-0.05, 0) is 144 Å². The Morgan fingerprint density at radius 3 is 1.46 bits per heavy atom. The average Bonchev–Trinajstić information content (AvgIpc) is 3.37. The van der Waals surface area contributed by atoms with Crippen LogP contribution in [0.4, 0.5) is 34.1 Å². The van der Waals surface area contributed by atoms with Crippen molar-refractivity contribution in [3.8, 4) is 11.1 Å². The highest BCUT2D eigenvalue weighted by molar-refractivity contribution is 5.87. The van der Waals surface area contributed by atoms with Gasteiger partial charge < -0.3 is 9.80 Å². The molecule has 0 atom stereocenters. The zero-order chi connectivity index (χ0) is 35.8. The highest BCUT2D eigenvalue weighted by Gasteiger charge is 2.36. The van der Waals surface area contributed by atoms with Gasteiger partial charge in [0, 0.05) is 39.5 Å². The van der Waals surface area contributed by atoms with Gasteiger partial charge in [-0.2, -0.15) is 0 Å². The van der Waals surface area contributed by atoms with E-state index in [1.54, 1.807) is 0 Å². The highest BCUT2D eigenvalue weighted by atomic mass is 15.1. The van der Waals surface area contributed by atoms with Crippen molar-refractivity contribution in [2.75, 3.05) is 9.80 Å². The molecule has 8 rings (SSSR count). The van der Waals surface area contributed by atoms with E-state index >= 15 is 0 Å². The van der Waals surface area contributed by atoms with Crippen molar-refractivity contribution >= 4 is 46.3 Å². The Kier molecular flexibility index (Phi) is 8.61. The molecule has 2 nitrogen and oxygen atoms in total. The molecule has 0 bridgehead atoms. The molecule has 0 spiro atoms. The van der Waals surface area contributed by atoms with Gasteiger partial charge in [0.1, 0.15) is 0 Å². The third-order valence-corrected chi connectivity index (χ3v) is 10.3. The molecular weight excluding hydrogens is 629 g/mol. The standard InChI is InChI=1S/C50H44N2/c1-35-13-12-18-43(30-35)52(45-31-36(2)29-37(3)32-45)42-24-21-38(22-25-42)19-20-39-23-27-46-47-28-26-44(34-49(47)50(4,5)48(46)33-39)51(40-14-8-6-9-15-40)41-16-10-7-11-17-41/h6-34H,1-5H3/b20-19+. The van der Waals surface area contributed by atoms with Crippen LogP contribution >= 0.6 is 0 Å². The average molecular weight is 673 g/mol. The first-order valence-electron chi connectivity index (χ1n) is 18.2. The summed E-state index contributed by atoms with van der Waals surface area (Å²) in [7, 11) is 0. The van der Waals surface area contributed by atoms with Crippen LogP contribution < -0.4 is 9.80 Å². The predicted molar refractivity (Wildman–Crippen MR) is 223 cm³/mol. The van der Waals surface area contributed by atoms with Gasteiger partial charge in [0.25, 0.3) is 0 Å². The molecule has 254 valence electrons. The van der Waals surface area contributed by atoms with Gasteiger partial charge in [-0.15, -0.1) is 0 Å². The SMILES string of the molecule is Cc1cccc(N(c2ccc(/C=C/c3ccc4c(c3)C(C)(C)c3cc(N(c5ccccc5)c5ccccc5)ccc3-4)cc2)c2cc(C)cc(C)c2)c1. The molecule has 7 aromatic carbocycles. The lowest BCUT2D eigenvalue weighted by atomic mass is 9.81. The van der Waals surface area contributed by atoms with E-state index in [-0.39, 0.29) is 5.41 Å². The lowest BCUT2D eigenvalue weighted by molar-refractivity contribution is 0.660. The molecule has 0 aromatic heterocycles. The Morgan fingerprint density at radius 1 is 0.365 bits per heavy atom. The first kappa shape index (κ1) is 33.0. The molecule has 0 saturated heterocycles. The maximum Gasteiger partial charge on any atom is 0.0466 e. The maximum atomic E-state index is 2.39. The number of nitrogens with zero attached hydrogens (tertiary/aromatic N) is 2. The largest absolute Gasteiger partial charge is 0.310 e. The molecule has 0 radical (unpaired) electrons. The molecule has 0 saturated carbocycles. The number of aryl methyl sites for hydroxylation is 3. The third kappa shape index (κ3) is 6.33. The third-order valence-electron chi connectivity index (χ3n) is 10.3. The van der Waals surface area contributed by atoms with Crippen molar-refractivity contribution in [1.82, 2.24) is 0 Å². The summed E-state index contributed by atoms with van der Waals surface area (Å²) in [5, 5.41) is 0. The van der Waals surface area contributed by atoms with Gasteiger partial charge in [-0.1, -0.05) is 117 Å². The number of fused-ring (bicyclic) bond motifs is 3. The van der Waals surface area contributed by atoms with E-state index in [4.69, 9.17) is 0 Å². The van der Waals surface area contributed by atoms with Crippen LogP contribution in [0.3, 0.4) is 0 Å². The number of hydrogen-bond acceptors (Lipinski definition) is 2. The zero-order valence-electron chi connectivity index (χ0n) is 30.6. The summed E-state index contributed by atoms with van der Waals surface area (Å²) in [6, 6.07) is 59.6. The lowest BCUT2D eigenvalue weighted by Crippen LogP contribution is -2.16. The minimum Gasteiger partial charge on any atom is -0.310 e. The molecule has 1 aliphatic rings. The Balaban J connectivity index is 1.08. The first-order chi connectivity index (χ1) is 25.2. The Bertz CT molecular complexity index is 2340. The molecule has 0 amide bonds. The van der Waals surface area contributed by atoms with Gasteiger partial charge >= 0.3 is 0 Å². The van der Waals surface area contributed by atoms with Crippen molar-refractivity contribution in [3.63, 3.8) is 0 Å². The van der Waals surface area contributed by atoms with Crippen molar-refractivity contribution in [1.29, 1.82) is 0 Å². The molecule has 2 heteroatoms. The number of benzene rings is 7. The van der Waals surface area contributed by atoms with Gasteiger partial charge in [0.05, 0.1) is 0 Å². The molecule has 0 heterocycles. The quantitative estimate of drug-likeness (QED) is 0.148. The summed E-state index contributed by atoms with van der Waals surface area (Å²) >= 11 is 0. The molecule has 1 aliphatic carbocycles. The van der Waals surface area contributed by atoms with Crippen LogP contribution in [0.25, 0.3) is 23.3 Å². The Morgan fingerprint density at radius 2 is 0.827 bits per heavy atom. The van der Waals surface area contributed by atoms with Gasteiger partial charge in [0.15, 0.2) is 0 Å². The molecule has 7 aromatic rings. The van der Waals surface area contributed by atoms with E-state index in [1.807, 2.05) is 0 Å². The van der Waals surface area contributed by atoms with Crippen LogP contribution in [0.1, 0.15) is 52.8 Å². The number of para-hydroxylation sites is 2. The van der Waals surface area contributed by atoms with Gasteiger partial charge in [0.2, 0.25) is 0 Å². The molecule has 0 fully saturated rings. The van der Waals surface area contributed by atoms with Crippen LogP contribution in [0.15, 0.2) is 164 Å². The van der Waals surface area contributed by atoms with Crippen LogP contribution in [0, 0.1) is 20.8 Å². The number of hydrogen-bond donors (Lipinski definition) is 0. The van der Waals surface area contributed by atoms with Gasteiger partial charge in [-0.25, -0.2) is 0 Å². The summed E-state index contributed by atoms with van der Waals surface area (Å²) < 4.78 is 0. The van der Waals surface area contributed by atoms with Gasteiger partial charge in [-0.3, -0.25) is 0 Å². The second-order valence-corrected chi connectivity index (χ2v) is 14.6. The van der Waals surface area contributed by atoms with Crippen LogP contribution in [0.2, 0.25) is 0 Å². The van der Waals surface area contributed by atoms with Crippen molar-refractivity contribution in [2.45, 2.75) is 40.0 Å². The summed E-state index contributed by atoms with van der Waals surface area (Å²) in [6.07, 6.45) is 4.47. The minimum atomic E-state index is -0.140. The monoisotopic (exact) mass is 672 g/mol. The van der Waals surface area contributed by atoms with E-state index in [0.29, 0.717) is 0 Å². The number of anilines is 6. The summed E-state index contributed by atoms with van der Waals surface area (Å²) in [6.45, 7) is 11.2. The molecule has 0 unspecified atom stereocenters. The molecule has 0 aliphatic heterocycles. The topological polar surface area (TPSA) is 6.48 Å². The van der Waals surface area contributed by atoms with E-state index in [1.165, 1.54) is 61.4 Å². The fraction of sp³-hybridized carbons (Fsp3) is 0.120. The van der Waals surface area contributed by atoms with Crippen LogP contribution in [0.5, 0.6) is 0 Å². The maximum absolute atomic E-state index is 2.39. The Labute approximate surface area is 309 Å². The molecular formula is C50H44N2. The summed E-state index contributed by atoms with van der Waals surface area (Å²) in [5.74, 6) is 0. The second kappa shape index (κ2) is 13.5. The predicted octanol–water partition coefficient (Wildman–Crippen LogP) is 14.0. The minimum absolute atomic E-state index is 0.140. The fourth-order valence-electron chi connectivity index (χ4n) is 7.81. The van der Waals surface area contributed by atoms with E-state index in [9.17, 15) is 0 Å². The molecule has 0 N–H and O–H groups in total. The summed E-state index contributed by atoms with van der Waals surface area (Å²) in [5.41, 5.74) is 18.3. The van der Waals surface area contributed by atoms with Crippen molar-refractivity contribution in [2.24, 2.45) is 0 Å². The Hall–Kier alpha value is -6.12. The zero-order valence-corrected chi connectivity index (χ0v) is 30.6. The first-order valence-corrected chi connectivity index (χ1v) is 18.2. The normalized spacial score (nSPS) is 12.8. The van der Waals surface area contributed by atoms with E-state index < -0.39 is 0 Å². The van der Waals surface area contributed by atoms with Crippen molar-refractivity contribution < 1.29 is 0 Å². The van der Waals surface area contributed by atoms with E-state index in [0.717, 1.165) is 22.7 Å².